The molecule has 2 aromatic rings. The Morgan fingerprint density at radius 2 is 1.50 bits per heavy atom. The van der Waals surface area contributed by atoms with Crippen LogP contribution in [-0.2, 0) is 0 Å². The van der Waals surface area contributed by atoms with E-state index in [1.165, 1.54) is 6.92 Å². The quantitative estimate of drug-likeness (QED) is 0.366. The van der Waals surface area contributed by atoms with Gasteiger partial charge in [0, 0.05) is 6.07 Å². The summed E-state index contributed by atoms with van der Waals surface area (Å²) in [5.41, 5.74) is -1.32. The third-order valence-electron chi connectivity index (χ3n) is 3.11. The molecule has 0 saturated heterocycles. The predicted octanol–water partition coefficient (Wildman–Crippen LogP) is 2.49. The molecule has 22 heavy (non-hydrogen) atoms. The highest BCUT2D eigenvalue weighted by atomic mass is 19.2. The number of rotatable bonds is 3. The molecular formula is C14H8BF6O. The molecule has 2 rings (SSSR count). The number of benzene rings is 2. The van der Waals surface area contributed by atoms with Crippen LogP contribution in [0.2, 0.25) is 0 Å². The van der Waals surface area contributed by atoms with E-state index in [0.29, 0.717) is 13.3 Å². The lowest BCUT2D eigenvalue weighted by molar-refractivity contribution is 0.338. The second-order valence-corrected chi connectivity index (χ2v) is 4.45. The van der Waals surface area contributed by atoms with Gasteiger partial charge >= 0.3 is 0 Å². The van der Waals surface area contributed by atoms with Crippen molar-refractivity contribution in [2.45, 2.75) is 6.92 Å². The van der Waals surface area contributed by atoms with Crippen LogP contribution in [0.5, 0.6) is 5.75 Å². The molecule has 0 aliphatic carbocycles. The second-order valence-electron chi connectivity index (χ2n) is 4.45. The maximum absolute atomic E-state index is 14.0. The van der Waals surface area contributed by atoms with Crippen molar-refractivity contribution < 1.29 is 31.1 Å². The van der Waals surface area contributed by atoms with Crippen LogP contribution < -0.4 is 15.7 Å². The summed E-state index contributed by atoms with van der Waals surface area (Å²) in [6.07, 6.45) is 0. The Bertz CT molecular complexity index is 747. The molecule has 1 nitrogen and oxygen atoms in total. The molecule has 0 unspecified atom stereocenters. The molecular weight excluding hydrogens is 309 g/mol. The maximum atomic E-state index is 14.0. The number of hydrogen-bond acceptors (Lipinski definition) is 1. The first-order chi connectivity index (χ1) is 10.3. The van der Waals surface area contributed by atoms with Crippen molar-refractivity contribution in [3.8, 4) is 5.75 Å². The predicted molar refractivity (Wildman–Crippen MR) is 68.9 cm³/mol. The molecule has 2 aromatic carbocycles. The molecule has 0 aromatic heterocycles. The molecule has 0 amide bonds. The summed E-state index contributed by atoms with van der Waals surface area (Å²) in [5, 5.41) is 0. The van der Waals surface area contributed by atoms with E-state index in [0.717, 1.165) is 13.2 Å². The zero-order valence-corrected chi connectivity index (χ0v) is 11.4. The van der Waals surface area contributed by atoms with E-state index in [9.17, 15) is 26.3 Å². The third kappa shape index (κ3) is 2.65. The summed E-state index contributed by atoms with van der Waals surface area (Å²) in [5.74, 6) is -10.1. The minimum atomic E-state index is -1.95. The molecule has 0 bridgehead atoms. The number of halogens is 6. The normalized spacial score (nSPS) is 10.7. The topological polar surface area (TPSA) is 9.23 Å². The maximum Gasteiger partial charge on any atom is 0.206 e. The van der Waals surface area contributed by atoms with E-state index in [-0.39, 0.29) is 11.0 Å². The average molecular weight is 317 g/mol. The van der Waals surface area contributed by atoms with Gasteiger partial charge in [0.25, 0.3) is 0 Å². The molecule has 0 aliphatic rings. The largest absolute Gasteiger partial charge is 0.491 e. The first-order valence-corrected chi connectivity index (χ1v) is 5.98. The van der Waals surface area contributed by atoms with Crippen molar-refractivity contribution >= 4 is 18.2 Å². The molecule has 0 spiro atoms. The molecule has 0 heterocycles. The van der Waals surface area contributed by atoms with Crippen LogP contribution in [0.25, 0.3) is 0 Å². The van der Waals surface area contributed by atoms with Crippen LogP contribution in [0.15, 0.2) is 12.1 Å². The Hall–Kier alpha value is -2.12. The fraction of sp³-hybridized carbons (Fsp3) is 0.143. The van der Waals surface area contributed by atoms with Gasteiger partial charge in [0.2, 0.25) is 5.82 Å². The van der Waals surface area contributed by atoms with Crippen LogP contribution in [0.1, 0.15) is 5.56 Å². The third-order valence-corrected chi connectivity index (χ3v) is 3.11. The Morgan fingerprint density at radius 3 is 2.09 bits per heavy atom. The van der Waals surface area contributed by atoms with Gasteiger partial charge in [-0.3, -0.25) is 0 Å². The first kappa shape index (κ1) is 16.3. The lowest BCUT2D eigenvalue weighted by Crippen LogP contribution is -2.36. The fourth-order valence-electron chi connectivity index (χ4n) is 1.91. The lowest BCUT2D eigenvalue weighted by atomic mass is 9.62. The van der Waals surface area contributed by atoms with Gasteiger partial charge < -0.3 is 4.74 Å². The van der Waals surface area contributed by atoms with Gasteiger partial charge in [-0.1, -0.05) is 5.46 Å². The highest BCUT2D eigenvalue weighted by Gasteiger charge is 2.27. The smallest absolute Gasteiger partial charge is 0.206 e. The van der Waals surface area contributed by atoms with Gasteiger partial charge in [-0.25, -0.2) is 22.0 Å². The molecule has 0 aliphatic heterocycles. The van der Waals surface area contributed by atoms with E-state index in [4.69, 9.17) is 0 Å². The summed E-state index contributed by atoms with van der Waals surface area (Å²) >= 11 is 0. The van der Waals surface area contributed by atoms with Crippen molar-refractivity contribution in [3.63, 3.8) is 0 Å². The van der Waals surface area contributed by atoms with Gasteiger partial charge in [-0.2, -0.15) is 4.39 Å². The molecule has 0 saturated carbocycles. The van der Waals surface area contributed by atoms with E-state index < -0.39 is 46.1 Å². The zero-order chi connectivity index (χ0) is 16.6. The Labute approximate surface area is 122 Å². The van der Waals surface area contributed by atoms with E-state index in [2.05, 4.69) is 4.74 Å². The summed E-state index contributed by atoms with van der Waals surface area (Å²) in [7, 11) is 1.55. The van der Waals surface area contributed by atoms with Gasteiger partial charge in [0.15, 0.2) is 30.5 Å². The summed E-state index contributed by atoms with van der Waals surface area (Å²) < 4.78 is 85.4. The van der Waals surface area contributed by atoms with Crippen LogP contribution in [0.3, 0.4) is 0 Å². The van der Waals surface area contributed by atoms with Crippen molar-refractivity contribution in [2.24, 2.45) is 0 Å². The van der Waals surface area contributed by atoms with Crippen LogP contribution in [0.4, 0.5) is 26.3 Å². The minimum absolute atomic E-state index is 0.107. The fourth-order valence-corrected chi connectivity index (χ4v) is 1.91. The Kier molecular flexibility index (Phi) is 4.39. The lowest BCUT2D eigenvalue weighted by Gasteiger charge is -2.12. The standard InChI is InChI=1S/C14H8BF6O/c1-5-7(3-6(16)4-8(5)17)15-9-10(18)12(20)13(21)14(22-2)11(9)19/h3-4H,1-2H3. The van der Waals surface area contributed by atoms with E-state index in [1.807, 2.05) is 0 Å². The molecule has 8 heteroatoms. The molecule has 115 valence electrons. The minimum Gasteiger partial charge on any atom is -0.491 e. The summed E-state index contributed by atoms with van der Waals surface area (Å²) in [4.78, 5) is 0. The molecule has 0 fully saturated rings. The summed E-state index contributed by atoms with van der Waals surface area (Å²) in [6, 6.07) is 1.40. The first-order valence-electron chi connectivity index (χ1n) is 5.98. The molecule has 0 N–H and O–H groups in total. The highest BCUT2D eigenvalue weighted by Crippen LogP contribution is 2.24. The van der Waals surface area contributed by atoms with Gasteiger partial charge in [0.1, 0.15) is 11.6 Å². The average Bonchev–Trinajstić information content (AvgIpc) is 2.46. The number of ether oxygens (including phenoxy) is 1. The van der Waals surface area contributed by atoms with Gasteiger partial charge in [0.05, 0.1) is 7.11 Å². The number of hydrogen-bond donors (Lipinski definition) is 0. The highest BCUT2D eigenvalue weighted by molar-refractivity contribution is 6.68. The van der Waals surface area contributed by atoms with Crippen LogP contribution in [-0.4, -0.2) is 14.4 Å². The Balaban J connectivity index is 2.62. The van der Waals surface area contributed by atoms with Crippen molar-refractivity contribution in [3.05, 3.63) is 52.6 Å². The Morgan fingerprint density at radius 1 is 0.864 bits per heavy atom. The van der Waals surface area contributed by atoms with Gasteiger partial charge in [-0.15, -0.1) is 0 Å². The SMILES string of the molecule is COc1c(F)c(F)c(F)c([B]c2cc(F)cc(F)c2C)c1F. The van der Waals surface area contributed by atoms with Crippen molar-refractivity contribution in [1.29, 1.82) is 0 Å². The number of methoxy groups -OCH3 is 1. The van der Waals surface area contributed by atoms with E-state index >= 15 is 0 Å². The van der Waals surface area contributed by atoms with Crippen LogP contribution >= 0.6 is 0 Å². The van der Waals surface area contributed by atoms with E-state index in [1.54, 1.807) is 0 Å². The van der Waals surface area contributed by atoms with Crippen molar-refractivity contribution in [2.75, 3.05) is 7.11 Å². The summed E-state index contributed by atoms with van der Waals surface area (Å²) in [6.45, 7) is 1.24. The molecule has 0 atom stereocenters. The van der Waals surface area contributed by atoms with Crippen molar-refractivity contribution in [1.82, 2.24) is 0 Å². The monoisotopic (exact) mass is 317 g/mol. The molecule has 1 radical (unpaired) electrons. The second kappa shape index (κ2) is 5.94. The van der Waals surface area contributed by atoms with Gasteiger partial charge in [-0.05, 0) is 24.0 Å². The van der Waals surface area contributed by atoms with Crippen LogP contribution in [0, 0.1) is 41.8 Å². The zero-order valence-electron chi connectivity index (χ0n) is 11.4.